The Morgan fingerprint density at radius 3 is 2.92 bits per heavy atom. The van der Waals surface area contributed by atoms with E-state index in [0.29, 0.717) is 5.56 Å². The lowest BCUT2D eigenvalue weighted by molar-refractivity contribution is 0.0933. The molecule has 3 rings (SSSR count). The monoisotopic (exact) mass is 329 g/mol. The van der Waals surface area contributed by atoms with Crippen LogP contribution in [0, 0.1) is 0 Å². The van der Waals surface area contributed by atoms with Gasteiger partial charge in [-0.25, -0.2) is 9.97 Å². The van der Waals surface area contributed by atoms with Crippen LogP contribution in [0.1, 0.15) is 23.2 Å². The van der Waals surface area contributed by atoms with Crippen LogP contribution in [0.5, 0.6) is 0 Å². The summed E-state index contributed by atoms with van der Waals surface area (Å²) in [6, 6.07) is 2.08. The zero-order valence-electron chi connectivity index (χ0n) is 14.3. The number of hydrogen-bond donors (Lipinski definition) is 1. The minimum atomic E-state index is -0.0772. The predicted molar refractivity (Wildman–Crippen MR) is 92.3 cm³/mol. The fourth-order valence-corrected chi connectivity index (χ4v) is 2.86. The standard InChI is InChI=1S/C16H23N7O/c1-21(2)14-7-15(18-11-17-14)23-6-4-5-13(10-23)20-16(24)12-8-19-22(3)9-12/h7-9,11,13H,4-6,10H2,1-3H3,(H,20,24). The number of carbonyl (C=O) groups excluding carboxylic acids is 1. The van der Waals surface area contributed by atoms with Crippen molar-refractivity contribution in [2.45, 2.75) is 18.9 Å². The molecular weight excluding hydrogens is 306 g/mol. The van der Waals surface area contributed by atoms with Gasteiger partial charge in [0.05, 0.1) is 11.8 Å². The Hall–Kier alpha value is -2.64. The van der Waals surface area contributed by atoms with E-state index >= 15 is 0 Å². The Morgan fingerprint density at radius 1 is 1.38 bits per heavy atom. The number of aromatic nitrogens is 4. The molecule has 2 aromatic rings. The van der Waals surface area contributed by atoms with Crippen molar-refractivity contribution < 1.29 is 4.79 Å². The summed E-state index contributed by atoms with van der Waals surface area (Å²) in [4.78, 5) is 25.1. The molecule has 0 saturated carbocycles. The van der Waals surface area contributed by atoms with E-state index < -0.39 is 0 Å². The second-order valence-corrected chi connectivity index (χ2v) is 6.29. The molecule has 2 aromatic heterocycles. The number of aryl methyl sites for hydroxylation is 1. The van der Waals surface area contributed by atoms with E-state index in [1.54, 1.807) is 30.5 Å². The Balaban J connectivity index is 1.66. The van der Waals surface area contributed by atoms with E-state index in [0.717, 1.165) is 37.6 Å². The summed E-state index contributed by atoms with van der Waals surface area (Å²) in [6.45, 7) is 1.68. The van der Waals surface area contributed by atoms with E-state index in [1.807, 2.05) is 25.1 Å². The summed E-state index contributed by atoms with van der Waals surface area (Å²) < 4.78 is 1.63. The van der Waals surface area contributed by atoms with Crippen molar-refractivity contribution >= 4 is 17.5 Å². The molecule has 1 saturated heterocycles. The molecule has 0 spiro atoms. The van der Waals surface area contributed by atoms with Crippen molar-refractivity contribution in [2.75, 3.05) is 37.0 Å². The van der Waals surface area contributed by atoms with E-state index in [4.69, 9.17) is 0 Å². The average Bonchev–Trinajstić information content (AvgIpc) is 3.02. The van der Waals surface area contributed by atoms with Gasteiger partial charge >= 0.3 is 0 Å². The number of nitrogens with one attached hydrogen (secondary N) is 1. The second kappa shape index (κ2) is 6.86. The van der Waals surface area contributed by atoms with Crippen molar-refractivity contribution in [3.05, 3.63) is 30.4 Å². The third-order valence-corrected chi connectivity index (χ3v) is 4.14. The highest BCUT2D eigenvalue weighted by Crippen LogP contribution is 2.20. The first-order valence-electron chi connectivity index (χ1n) is 8.07. The number of piperidine rings is 1. The van der Waals surface area contributed by atoms with Gasteiger partial charge in [-0.3, -0.25) is 9.48 Å². The molecule has 1 amide bonds. The van der Waals surface area contributed by atoms with E-state index in [-0.39, 0.29) is 11.9 Å². The van der Waals surface area contributed by atoms with Crippen LogP contribution in [0.4, 0.5) is 11.6 Å². The maximum atomic E-state index is 12.3. The molecule has 1 fully saturated rings. The number of hydrogen-bond acceptors (Lipinski definition) is 6. The van der Waals surface area contributed by atoms with Crippen LogP contribution in [0.25, 0.3) is 0 Å². The van der Waals surface area contributed by atoms with Gasteiger partial charge in [0.1, 0.15) is 18.0 Å². The largest absolute Gasteiger partial charge is 0.363 e. The lowest BCUT2D eigenvalue weighted by Gasteiger charge is -2.34. The smallest absolute Gasteiger partial charge is 0.254 e. The topological polar surface area (TPSA) is 79.2 Å². The minimum Gasteiger partial charge on any atom is -0.363 e. The number of nitrogens with zero attached hydrogens (tertiary/aromatic N) is 6. The number of anilines is 2. The average molecular weight is 329 g/mol. The van der Waals surface area contributed by atoms with Crippen LogP contribution in [0.3, 0.4) is 0 Å². The molecule has 8 nitrogen and oxygen atoms in total. The zero-order chi connectivity index (χ0) is 17.1. The van der Waals surface area contributed by atoms with Gasteiger partial charge in [0.15, 0.2) is 0 Å². The molecule has 0 bridgehead atoms. The van der Waals surface area contributed by atoms with Crippen molar-refractivity contribution in [2.24, 2.45) is 7.05 Å². The molecule has 1 aliphatic rings. The first kappa shape index (κ1) is 16.2. The van der Waals surface area contributed by atoms with Crippen molar-refractivity contribution in [3.8, 4) is 0 Å². The predicted octanol–water partition coefficient (Wildman–Crippen LogP) is 0.675. The van der Waals surface area contributed by atoms with E-state index in [1.165, 1.54) is 0 Å². The van der Waals surface area contributed by atoms with Crippen LogP contribution in [-0.4, -0.2) is 58.9 Å². The maximum Gasteiger partial charge on any atom is 0.254 e. The molecule has 0 radical (unpaired) electrons. The Morgan fingerprint density at radius 2 is 2.21 bits per heavy atom. The Bertz CT molecular complexity index is 712. The number of carbonyl (C=O) groups is 1. The summed E-state index contributed by atoms with van der Waals surface area (Å²) in [5.41, 5.74) is 0.589. The molecule has 1 unspecified atom stereocenters. The van der Waals surface area contributed by atoms with Crippen molar-refractivity contribution in [3.63, 3.8) is 0 Å². The SMILES string of the molecule is CN(C)c1cc(N2CCCC(NC(=O)c3cnn(C)c3)C2)ncn1. The summed E-state index contributed by atoms with van der Waals surface area (Å²) >= 11 is 0. The fourth-order valence-electron chi connectivity index (χ4n) is 2.86. The molecule has 0 aliphatic carbocycles. The first-order chi connectivity index (χ1) is 11.5. The second-order valence-electron chi connectivity index (χ2n) is 6.29. The third-order valence-electron chi connectivity index (χ3n) is 4.14. The molecule has 1 atom stereocenters. The molecule has 1 N–H and O–H groups in total. The minimum absolute atomic E-state index is 0.0772. The zero-order valence-corrected chi connectivity index (χ0v) is 14.3. The first-order valence-corrected chi connectivity index (χ1v) is 8.07. The van der Waals surface area contributed by atoms with Gasteiger partial charge in [0.2, 0.25) is 0 Å². The molecular formula is C16H23N7O. The van der Waals surface area contributed by atoms with Gasteiger partial charge in [0, 0.05) is 52.5 Å². The molecule has 0 aromatic carbocycles. The lowest BCUT2D eigenvalue weighted by Crippen LogP contribution is -2.48. The Labute approximate surface area is 141 Å². The van der Waals surface area contributed by atoms with Crippen LogP contribution in [0.2, 0.25) is 0 Å². The molecule has 8 heteroatoms. The summed E-state index contributed by atoms with van der Waals surface area (Å²) in [5.74, 6) is 1.70. The highest BCUT2D eigenvalue weighted by molar-refractivity contribution is 5.93. The van der Waals surface area contributed by atoms with E-state index in [9.17, 15) is 4.79 Å². The van der Waals surface area contributed by atoms with Gasteiger partial charge in [-0.05, 0) is 12.8 Å². The van der Waals surface area contributed by atoms with Crippen molar-refractivity contribution in [1.82, 2.24) is 25.1 Å². The van der Waals surface area contributed by atoms with Gasteiger partial charge in [-0.2, -0.15) is 5.10 Å². The fraction of sp³-hybridized carbons (Fsp3) is 0.500. The van der Waals surface area contributed by atoms with Crippen molar-refractivity contribution in [1.29, 1.82) is 0 Å². The van der Waals surface area contributed by atoms with Gasteiger partial charge in [-0.1, -0.05) is 0 Å². The highest BCUT2D eigenvalue weighted by Gasteiger charge is 2.23. The van der Waals surface area contributed by atoms with Crippen LogP contribution >= 0.6 is 0 Å². The summed E-state index contributed by atoms with van der Waals surface area (Å²) in [6.07, 6.45) is 6.88. The number of amides is 1. The summed E-state index contributed by atoms with van der Waals surface area (Å²) in [7, 11) is 5.72. The summed E-state index contributed by atoms with van der Waals surface area (Å²) in [5, 5.41) is 7.14. The van der Waals surface area contributed by atoms with Gasteiger partial charge < -0.3 is 15.1 Å². The quantitative estimate of drug-likeness (QED) is 0.888. The maximum absolute atomic E-state index is 12.3. The van der Waals surface area contributed by atoms with Gasteiger partial charge in [-0.15, -0.1) is 0 Å². The Kier molecular flexibility index (Phi) is 4.64. The van der Waals surface area contributed by atoms with E-state index in [2.05, 4.69) is 25.3 Å². The molecule has 1 aliphatic heterocycles. The van der Waals surface area contributed by atoms with Gasteiger partial charge in [0.25, 0.3) is 5.91 Å². The number of rotatable bonds is 4. The lowest BCUT2D eigenvalue weighted by atomic mass is 10.1. The van der Waals surface area contributed by atoms with Crippen LogP contribution < -0.4 is 15.1 Å². The molecule has 24 heavy (non-hydrogen) atoms. The normalized spacial score (nSPS) is 17.6. The highest BCUT2D eigenvalue weighted by atomic mass is 16.1. The van der Waals surface area contributed by atoms with Crippen LogP contribution in [-0.2, 0) is 7.05 Å². The molecule has 128 valence electrons. The third kappa shape index (κ3) is 3.64. The molecule has 3 heterocycles. The van der Waals surface area contributed by atoms with Crippen LogP contribution in [0.15, 0.2) is 24.8 Å².